The number of nitrogens with one attached hydrogen (secondary N) is 1. The highest BCUT2D eigenvalue weighted by Gasteiger charge is 2.14. The summed E-state index contributed by atoms with van der Waals surface area (Å²) in [4.78, 5) is -0.500. The lowest BCUT2D eigenvalue weighted by Crippen LogP contribution is -2.01. The molecule has 0 spiro atoms. The van der Waals surface area contributed by atoms with E-state index in [9.17, 15) is 8.42 Å². The maximum atomic E-state index is 11.0. The summed E-state index contributed by atoms with van der Waals surface area (Å²) in [5, 5.41) is 20.1. The fourth-order valence-corrected chi connectivity index (χ4v) is 1.97. The van der Waals surface area contributed by atoms with Crippen molar-refractivity contribution in [3.05, 3.63) is 23.2 Å². The van der Waals surface area contributed by atoms with Gasteiger partial charge >= 0.3 is 0 Å². The molecule has 0 aliphatic rings. The summed E-state index contributed by atoms with van der Waals surface area (Å²) < 4.78 is 30.8. The summed E-state index contributed by atoms with van der Waals surface area (Å²) in [6.45, 7) is 0. The third kappa shape index (κ3) is 3.43. The van der Waals surface area contributed by atoms with E-state index in [1.165, 1.54) is 24.3 Å². The van der Waals surface area contributed by atoms with Gasteiger partial charge in [-0.25, -0.2) is 0 Å². The first kappa shape index (κ1) is 13.9. The average Bonchev–Trinajstić information content (AvgIpc) is 2.31. The average molecular weight is 285 g/mol. The Bertz CT molecular complexity index is 669. The third-order valence-corrected chi connectivity index (χ3v) is 3.05. The van der Waals surface area contributed by atoms with Crippen molar-refractivity contribution in [2.75, 3.05) is 5.43 Å². The van der Waals surface area contributed by atoms with Crippen molar-refractivity contribution in [3.63, 3.8) is 0 Å². The highest BCUT2D eigenvalue weighted by molar-refractivity contribution is 7.86. The lowest BCUT2D eigenvalue weighted by atomic mass is 10.3. The molecule has 1 aromatic carbocycles. The number of hydrazone groups is 1. The second kappa shape index (κ2) is 5.47. The minimum atomic E-state index is -4.46. The first-order chi connectivity index (χ1) is 8.38. The van der Waals surface area contributed by atoms with Gasteiger partial charge in [0.2, 0.25) is 5.71 Å². The normalized spacial score (nSPS) is 10.0. The fraction of sp³-hybridized carbons (Fsp3) is 0. The van der Waals surface area contributed by atoms with Crippen LogP contribution >= 0.6 is 11.6 Å². The van der Waals surface area contributed by atoms with E-state index in [0.29, 0.717) is 0 Å². The van der Waals surface area contributed by atoms with Crippen molar-refractivity contribution in [2.45, 2.75) is 4.90 Å². The van der Waals surface area contributed by atoms with Crippen LogP contribution in [0, 0.1) is 22.7 Å². The van der Waals surface area contributed by atoms with Gasteiger partial charge in [-0.05, 0) is 18.2 Å². The second-order valence-electron chi connectivity index (χ2n) is 2.92. The molecule has 0 amide bonds. The zero-order chi connectivity index (χ0) is 13.8. The van der Waals surface area contributed by atoms with Crippen LogP contribution in [0.3, 0.4) is 0 Å². The molecule has 1 aromatic rings. The molecule has 9 heteroatoms. The summed E-state index contributed by atoms with van der Waals surface area (Å²) >= 11 is 5.59. The molecule has 0 saturated carbocycles. The van der Waals surface area contributed by atoms with Crippen LogP contribution in [0.25, 0.3) is 0 Å². The molecule has 0 radical (unpaired) electrons. The predicted molar refractivity (Wildman–Crippen MR) is 63.6 cm³/mol. The van der Waals surface area contributed by atoms with Crippen LogP contribution in [0.15, 0.2) is 28.2 Å². The van der Waals surface area contributed by atoms with Gasteiger partial charge in [-0.3, -0.25) is 9.98 Å². The maximum absolute atomic E-state index is 11.0. The van der Waals surface area contributed by atoms with E-state index < -0.39 is 20.7 Å². The molecule has 0 bridgehead atoms. The SMILES string of the molecule is N#CC(C#N)=NNc1ccc(Cl)c(S(=O)(=O)O)c1. The molecule has 0 saturated heterocycles. The van der Waals surface area contributed by atoms with Gasteiger partial charge in [0.25, 0.3) is 10.1 Å². The Morgan fingerprint density at radius 2 is 2.00 bits per heavy atom. The minimum absolute atomic E-state index is 0.148. The highest BCUT2D eigenvalue weighted by Crippen LogP contribution is 2.24. The van der Waals surface area contributed by atoms with Gasteiger partial charge in [-0.2, -0.15) is 24.0 Å². The van der Waals surface area contributed by atoms with Crippen molar-refractivity contribution in [2.24, 2.45) is 5.10 Å². The maximum Gasteiger partial charge on any atom is 0.296 e. The van der Waals surface area contributed by atoms with Crippen LogP contribution in [-0.4, -0.2) is 18.7 Å². The quantitative estimate of drug-likeness (QED) is 0.491. The number of hydrogen-bond acceptors (Lipinski definition) is 6. The summed E-state index contributed by atoms with van der Waals surface area (Å²) in [6, 6.07) is 6.63. The molecule has 0 atom stereocenters. The number of nitrogens with zero attached hydrogens (tertiary/aromatic N) is 3. The number of anilines is 1. The van der Waals surface area contributed by atoms with Gasteiger partial charge in [0, 0.05) is 0 Å². The Morgan fingerprint density at radius 3 is 2.50 bits per heavy atom. The molecule has 1 rings (SSSR count). The van der Waals surface area contributed by atoms with Crippen LogP contribution in [0.5, 0.6) is 0 Å². The lowest BCUT2D eigenvalue weighted by Gasteiger charge is -2.04. The topological polar surface area (TPSA) is 126 Å². The lowest BCUT2D eigenvalue weighted by molar-refractivity contribution is 0.483. The van der Waals surface area contributed by atoms with E-state index in [2.05, 4.69) is 10.5 Å². The molecule has 0 aliphatic carbocycles. The molecule has 0 fully saturated rings. The highest BCUT2D eigenvalue weighted by atomic mass is 35.5. The van der Waals surface area contributed by atoms with Crippen molar-refractivity contribution in [1.29, 1.82) is 10.5 Å². The predicted octanol–water partition coefficient (Wildman–Crippen LogP) is 1.40. The van der Waals surface area contributed by atoms with Crippen LogP contribution in [0.4, 0.5) is 5.69 Å². The number of benzene rings is 1. The zero-order valence-corrected chi connectivity index (χ0v) is 10.2. The van der Waals surface area contributed by atoms with E-state index in [0.717, 1.165) is 6.07 Å². The molecular formula is C9H5ClN4O3S. The molecule has 0 heterocycles. The van der Waals surface area contributed by atoms with E-state index in [1.54, 1.807) is 0 Å². The summed E-state index contributed by atoms with van der Waals surface area (Å²) in [6.07, 6.45) is 0. The molecule has 0 unspecified atom stereocenters. The van der Waals surface area contributed by atoms with Gasteiger partial charge in [0.05, 0.1) is 10.7 Å². The Kier molecular flexibility index (Phi) is 4.23. The van der Waals surface area contributed by atoms with E-state index in [-0.39, 0.29) is 10.7 Å². The first-order valence-corrected chi connectivity index (χ1v) is 6.11. The molecule has 2 N–H and O–H groups in total. The smallest absolute Gasteiger partial charge is 0.282 e. The van der Waals surface area contributed by atoms with Crippen LogP contribution in [0.2, 0.25) is 5.02 Å². The molecule has 18 heavy (non-hydrogen) atoms. The molecule has 92 valence electrons. The number of nitriles is 2. The molecule has 0 aromatic heterocycles. The standard InChI is InChI=1S/C9H5ClN4O3S/c10-8-2-1-6(3-9(8)18(15,16)17)13-14-7(4-11)5-12/h1-3,13H,(H,15,16,17). The third-order valence-electron chi connectivity index (χ3n) is 1.72. The van der Waals surface area contributed by atoms with Crippen molar-refractivity contribution >= 4 is 33.1 Å². The summed E-state index contributed by atoms with van der Waals surface area (Å²) in [5.41, 5.74) is 2.01. The Morgan fingerprint density at radius 1 is 1.39 bits per heavy atom. The Labute approximate surface area is 108 Å². The monoisotopic (exact) mass is 284 g/mol. The Balaban J connectivity index is 3.13. The van der Waals surface area contributed by atoms with Crippen molar-refractivity contribution < 1.29 is 13.0 Å². The van der Waals surface area contributed by atoms with E-state index >= 15 is 0 Å². The first-order valence-electron chi connectivity index (χ1n) is 4.29. The molecule has 0 aliphatic heterocycles. The molecular weight excluding hydrogens is 280 g/mol. The van der Waals surface area contributed by atoms with Gasteiger partial charge in [-0.1, -0.05) is 11.6 Å². The zero-order valence-electron chi connectivity index (χ0n) is 8.62. The van der Waals surface area contributed by atoms with E-state index in [4.69, 9.17) is 26.7 Å². The van der Waals surface area contributed by atoms with Gasteiger partial charge < -0.3 is 0 Å². The summed E-state index contributed by atoms with van der Waals surface area (Å²) in [7, 11) is -4.46. The minimum Gasteiger partial charge on any atom is -0.282 e. The van der Waals surface area contributed by atoms with Gasteiger partial charge in [-0.15, -0.1) is 0 Å². The largest absolute Gasteiger partial charge is 0.296 e. The fourth-order valence-electron chi connectivity index (χ4n) is 0.966. The second-order valence-corrected chi connectivity index (χ2v) is 4.71. The number of rotatable bonds is 3. The van der Waals surface area contributed by atoms with Gasteiger partial charge in [0.15, 0.2) is 0 Å². The van der Waals surface area contributed by atoms with Crippen LogP contribution in [0.1, 0.15) is 0 Å². The van der Waals surface area contributed by atoms with Gasteiger partial charge in [0.1, 0.15) is 17.0 Å². The Hall–Kier alpha value is -2.13. The van der Waals surface area contributed by atoms with Crippen molar-refractivity contribution in [1.82, 2.24) is 0 Å². The summed E-state index contributed by atoms with van der Waals surface area (Å²) in [5.74, 6) is 0. The number of halogens is 1. The molecule has 7 nitrogen and oxygen atoms in total. The van der Waals surface area contributed by atoms with E-state index in [1.807, 2.05) is 0 Å². The van der Waals surface area contributed by atoms with Crippen molar-refractivity contribution in [3.8, 4) is 12.1 Å². The number of hydrogen-bond donors (Lipinski definition) is 2. The van der Waals surface area contributed by atoms with Crippen LogP contribution < -0.4 is 5.43 Å². The van der Waals surface area contributed by atoms with Crippen LogP contribution in [-0.2, 0) is 10.1 Å².